The van der Waals surface area contributed by atoms with Crippen LogP contribution in [0.25, 0.3) is 0 Å². The van der Waals surface area contributed by atoms with Gasteiger partial charge in [0.1, 0.15) is 5.76 Å². The standard InChI is InChI=1S/C34H67O2/c1-5-9-13-15-17-19-20-21-23-25-27-29-33(28-26-24-22-18-16-14-10-6-2)34(36-31-12-8-4)32-35-30-11-7-3/h33H,5-31H2,1-4H3. The van der Waals surface area contributed by atoms with Crippen molar-refractivity contribution in [3.8, 4) is 0 Å². The van der Waals surface area contributed by atoms with Crippen molar-refractivity contribution in [3.05, 3.63) is 12.0 Å². The Morgan fingerprint density at radius 1 is 0.444 bits per heavy atom. The SMILES string of the molecule is CCCCCCCCCCCCCC(CCCCCCCCCC)/C(=[C]\OCCCC)OCCCC. The van der Waals surface area contributed by atoms with Gasteiger partial charge in [-0.25, -0.2) is 0 Å². The molecule has 1 atom stereocenters. The zero-order valence-corrected chi connectivity index (χ0v) is 25.5. The highest BCUT2D eigenvalue weighted by Crippen LogP contribution is 2.27. The van der Waals surface area contributed by atoms with E-state index < -0.39 is 0 Å². The van der Waals surface area contributed by atoms with Gasteiger partial charge in [0.2, 0.25) is 6.26 Å². The minimum absolute atomic E-state index is 0.488. The molecule has 0 N–H and O–H groups in total. The van der Waals surface area contributed by atoms with E-state index in [4.69, 9.17) is 9.47 Å². The lowest BCUT2D eigenvalue weighted by atomic mass is 9.92. The number of unbranched alkanes of at least 4 members (excludes halogenated alkanes) is 19. The zero-order valence-electron chi connectivity index (χ0n) is 25.5. The third kappa shape index (κ3) is 25.0. The largest absolute Gasteiger partial charge is 0.494 e. The van der Waals surface area contributed by atoms with E-state index in [1.165, 1.54) is 141 Å². The normalized spacial score (nSPS) is 12.7. The van der Waals surface area contributed by atoms with E-state index in [1.807, 2.05) is 0 Å². The van der Waals surface area contributed by atoms with Crippen LogP contribution >= 0.6 is 0 Å². The average Bonchev–Trinajstić information content (AvgIpc) is 2.89. The Hall–Kier alpha value is -0.660. The maximum atomic E-state index is 6.28. The number of ether oxygens (including phenoxy) is 2. The third-order valence-corrected chi connectivity index (χ3v) is 7.46. The molecular formula is C34H67O2. The Balaban J connectivity index is 4.47. The highest BCUT2D eigenvalue weighted by molar-refractivity contribution is 4.91. The molecule has 0 aromatic heterocycles. The van der Waals surface area contributed by atoms with Gasteiger partial charge in [0.15, 0.2) is 0 Å². The number of hydrogen-bond donors (Lipinski definition) is 0. The molecule has 0 aromatic carbocycles. The van der Waals surface area contributed by atoms with Crippen LogP contribution in [0.1, 0.15) is 188 Å². The summed E-state index contributed by atoms with van der Waals surface area (Å²) >= 11 is 0. The second-order valence-corrected chi connectivity index (χ2v) is 11.2. The fourth-order valence-electron chi connectivity index (χ4n) is 4.88. The lowest BCUT2D eigenvalue weighted by molar-refractivity contribution is 0.127. The van der Waals surface area contributed by atoms with Gasteiger partial charge >= 0.3 is 0 Å². The van der Waals surface area contributed by atoms with Crippen LogP contribution in [-0.2, 0) is 9.47 Å². The summed E-state index contributed by atoms with van der Waals surface area (Å²) in [6.07, 6.45) is 36.8. The summed E-state index contributed by atoms with van der Waals surface area (Å²) in [5.74, 6) is 1.51. The van der Waals surface area contributed by atoms with Crippen molar-refractivity contribution >= 4 is 0 Å². The zero-order chi connectivity index (χ0) is 26.4. The first kappa shape index (κ1) is 35.3. The first-order valence-corrected chi connectivity index (χ1v) is 16.7. The molecule has 0 aromatic rings. The molecule has 36 heavy (non-hydrogen) atoms. The quantitative estimate of drug-likeness (QED) is 0.0710. The van der Waals surface area contributed by atoms with Crippen LogP contribution in [0, 0.1) is 12.2 Å². The molecule has 0 amide bonds. The van der Waals surface area contributed by atoms with Crippen LogP contribution in [0.5, 0.6) is 0 Å². The summed E-state index contributed by atoms with van der Waals surface area (Å²) in [4.78, 5) is 0. The van der Waals surface area contributed by atoms with Crippen LogP contribution in [0.4, 0.5) is 0 Å². The van der Waals surface area contributed by atoms with E-state index in [2.05, 4.69) is 34.0 Å². The summed E-state index contributed by atoms with van der Waals surface area (Å²) < 4.78 is 12.1. The first-order chi connectivity index (χ1) is 17.8. The van der Waals surface area contributed by atoms with Crippen molar-refractivity contribution in [2.24, 2.45) is 5.92 Å². The van der Waals surface area contributed by atoms with Gasteiger partial charge in [-0.15, -0.1) is 0 Å². The van der Waals surface area contributed by atoms with Gasteiger partial charge < -0.3 is 9.47 Å². The smallest absolute Gasteiger partial charge is 0.203 e. The third-order valence-electron chi connectivity index (χ3n) is 7.46. The summed E-state index contributed by atoms with van der Waals surface area (Å²) in [6.45, 7) is 10.6. The average molecular weight is 508 g/mol. The Morgan fingerprint density at radius 3 is 1.22 bits per heavy atom. The summed E-state index contributed by atoms with van der Waals surface area (Å²) in [7, 11) is 0. The molecule has 2 heteroatoms. The topological polar surface area (TPSA) is 18.5 Å². The maximum absolute atomic E-state index is 6.28. The number of rotatable bonds is 30. The van der Waals surface area contributed by atoms with E-state index >= 15 is 0 Å². The maximum Gasteiger partial charge on any atom is 0.203 e. The Bertz CT molecular complexity index is 431. The van der Waals surface area contributed by atoms with Gasteiger partial charge in [0, 0.05) is 5.92 Å². The van der Waals surface area contributed by atoms with Crippen molar-refractivity contribution in [1.82, 2.24) is 0 Å². The molecule has 1 radical (unpaired) electrons. The summed E-state index contributed by atoms with van der Waals surface area (Å²) in [5.41, 5.74) is 0. The van der Waals surface area contributed by atoms with Crippen LogP contribution in [0.15, 0.2) is 5.76 Å². The van der Waals surface area contributed by atoms with Gasteiger partial charge in [-0.05, 0) is 25.7 Å². The molecule has 0 saturated heterocycles. The van der Waals surface area contributed by atoms with Gasteiger partial charge in [0.25, 0.3) is 0 Å². The Morgan fingerprint density at radius 2 is 0.806 bits per heavy atom. The Kier molecular flexibility index (Phi) is 30.0. The highest BCUT2D eigenvalue weighted by atomic mass is 16.5. The van der Waals surface area contributed by atoms with Gasteiger partial charge in [-0.3, -0.25) is 0 Å². The van der Waals surface area contributed by atoms with E-state index in [9.17, 15) is 0 Å². The van der Waals surface area contributed by atoms with E-state index in [-0.39, 0.29) is 0 Å². The lowest BCUT2D eigenvalue weighted by Crippen LogP contribution is -2.11. The summed E-state index contributed by atoms with van der Waals surface area (Å²) in [6, 6.07) is 0. The molecule has 215 valence electrons. The van der Waals surface area contributed by atoms with Crippen LogP contribution < -0.4 is 0 Å². The van der Waals surface area contributed by atoms with E-state index in [1.54, 1.807) is 0 Å². The van der Waals surface area contributed by atoms with E-state index in [0.29, 0.717) is 5.92 Å². The molecule has 0 spiro atoms. The molecule has 0 bridgehead atoms. The molecular weight excluding hydrogens is 440 g/mol. The number of hydrogen-bond acceptors (Lipinski definition) is 2. The minimum Gasteiger partial charge on any atom is -0.494 e. The second-order valence-electron chi connectivity index (χ2n) is 11.2. The molecule has 2 nitrogen and oxygen atoms in total. The first-order valence-electron chi connectivity index (χ1n) is 16.7. The van der Waals surface area contributed by atoms with Crippen molar-refractivity contribution in [2.75, 3.05) is 13.2 Å². The predicted molar refractivity (Wildman–Crippen MR) is 160 cm³/mol. The minimum atomic E-state index is 0.488. The molecule has 0 aliphatic rings. The number of allylic oxidation sites excluding steroid dienone is 1. The second kappa shape index (κ2) is 30.6. The van der Waals surface area contributed by atoms with Gasteiger partial charge in [-0.1, -0.05) is 163 Å². The molecule has 0 aliphatic heterocycles. The lowest BCUT2D eigenvalue weighted by Gasteiger charge is -2.21. The van der Waals surface area contributed by atoms with Crippen LogP contribution in [0.3, 0.4) is 0 Å². The molecule has 0 fully saturated rings. The predicted octanol–water partition coefficient (Wildman–Crippen LogP) is 12.1. The monoisotopic (exact) mass is 508 g/mol. The van der Waals surface area contributed by atoms with Crippen molar-refractivity contribution in [1.29, 1.82) is 0 Å². The molecule has 0 saturated carbocycles. The molecule has 0 aliphatic carbocycles. The van der Waals surface area contributed by atoms with Gasteiger partial charge in [-0.2, -0.15) is 0 Å². The Labute approximate surface area is 228 Å². The van der Waals surface area contributed by atoms with E-state index in [0.717, 1.165) is 38.2 Å². The molecule has 0 rings (SSSR count). The fraction of sp³-hybridized carbons (Fsp3) is 0.941. The summed E-state index contributed by atoms with van der Waals surface area (Å²) in [5, 5.41) is 0. The van der Waals surface area contributed by atoms with Crippen molar-refractivity contribution < 1.29 is 9.47 Å². The highest BCUT2D eigenvalue weighted by Gasteiger charge is 2.17. The van der Waals surface area contributed by atoms with Crippen molar-refractivity contribution in [2.45, 2.75) is 188 Å². The molecule has 1 unspecified atom stereocenters. The molecule has 0 heterocycles. The van der Waals surface area contributed by atoms with Crippen molar-refractivity contribution in [3.63, 3.8) is 0 Å². The van der Waals surface area contributed by atoms with Crippen LogP contribution in [-0.4, -0.2) is 13.2 Å². The fourth-order valence-corrected chi connectivity index (χ4v) is 4.88. The van der Waals surface area contributed by atoms with Crippen LogP contribution in [0.2, 0.25) is 0 Å². The van der Waals surface area contributed by atoms with Gasteiger partial charge in [0.05, 0.1) is 13.2 Å².